The van der Waals surface area contributed by atoms with Crippen LogP contribution in [0.4, 0.5) is 0 Å². The predicted octanol–water partition coefficient (Wildman–Crippen LogP) is 1.25. The molecule has 2 aliphatic heterocycles. The summed E-state index contributed by atoms with van der Waals surface area (Å²) in [7, 11) is -1.79. The Balaban J connectivity index is 2.04. The van der Waals surface area contributed by atoms with Gasteiger partial charge in [-0.3, -0.25) is 0 Å². The fourth-order valence-corrected chi connectivity index (χ4v) is 4.77. The molecule has 2 heterocycles. The third kappa shape index (κ3) is 2.48. The van der Waals surface area contributed by atoms with Crippen LogP contribution in [-0.4, -0.2) is 34.8 Å². The lowest BCUT2D eigenvalue weighted by Gasteiger charge is -2.25. The second kappa shape index (κ2) is 4.19. The van der Waals surface area contributed by atoms with Gasteiger partial charge in [0.05, 0.1) is 6.04 Å². The van der Waals surface area contributed by atoms with E-state index < -0.39 is 9.73 Å². The molecule has 14 heavy (non-hydrogen) atoms. The minimum absolute atomic E-state index is 0.310. The molecule has 2 unspecified atom stereocenters. The molecule has 1 N–H and O–H groups in total. The smallest absolute Gasteiger partial charge is 0.0721 e. The average Bonchev–Trinajstić information content (AvgIpc) is 2.51. The first-order chi connectivity index (χ1) is 6.68. The molecule has 2 saturated heterocycles. The highest BCUT2D eigenvalue weighted by atomic mass is 32.2. The lowest BCUT2D eigenvalue weighted by Crippen LogP contribution is -2.38. The molecular formula is C10H20N2OS. The van der Waals surface area contributed by atoms with Gasteiger partial charge < -0.3 is 5.32 Å². The topological polar surface area (TPSA) is 41.5 Å². The van der Waals surface area contributed by atoms with E-state index in [1.54, 1.807) is 0 Å². The highest BCUT2D eigenvalue weighted by Gasteiger charge is 2.22. The van der Waals surface area contributed by atoms with Crippen molar-refractivity contribution in [1.29, 1.82) is 0 Å². The summed E-state index contributed by atoms with van der Waals surface area (Å²) in [4.78, 5) is 0. The molecule has 0 aromatic heterocycles. The van der Waals surface area contributed by atoms with Gasteiger partial charge in [-0.15, -0.1) is 0 Å². The number of nitrogens with one attached hydrogen (secondary N) is 1. The van der Waals surface area contributed by atoms with Crippen LogP contribution in [0.2, 0.25) is 0 Å². The number of hydrogen-bond donors (Lipinski definition) is 1. The Labute approximate surface area is 86.8 Å². The van der Waals surface area contributed by atoms with Crippen LogP contribution in [0.25, 0.3) is 0 Å². The first-order valence-electron chi connectivity index (χ1n) is 5.60. The average molecular weight is 216 g/mol. The van der Waals surface area contributed by atoms with Crippen LogP contribution in [0, 0.1) is 5.92 Å². The van der Waals surface area contributed by atoms with Crippen LogP contribution in [-0.2, 0) is 9.73 Å². The zero-order chi connectivity index (χ0) is 10.0. The second-order valence-corrected chi connectivity index (χ2v) is 7.22. The van der Waals surface area contributed by atoms with Crippen molar-refractivity contribution in [3.05, 3.63) is 0 Å². The van der Waals surface area contributed by atoms with E-state index in [1.165, 1.54) is 0 Å². The van der Waals surface area contributed by atoms with Gasteiger partial charge in [0.1, 0.15) is 0 Å². The second-order valence-electron chi connectivity index (χ2n) is 4.65. The minimum Gasteiger partial charge on any atom is -0.314 e. The zero-order valence-corrected chi connectivity index (χ0v) is 9.68. The lowest BCUT2D eigenvalue weighted by atomic mass is 9.99. The van der Waals surface area contributed by atoms with Crippen LogP contribution in [0.1, 0.15) is 26.2 Å². The molecule has 0 saturated carbocycles. The Kier molecular flexibility index (Phi) is 3.12. The van der Waals surface area contributed by atoms with Gasteiger partial charge in [-0.1, -0.05) is 6.92 Å². The van der Waals surface area contributed by atoms with Gasteiger partial charge in [0.25, 0.3) is 0 Å². The molecule has 0 amide bonds. The van der Waals surface area contributed by atoms with E-state index in [9.17, 15) is 4.21 Å². The van der Waals surface area contributed by atoms with Crippen molar-refractivity contribution in [2.24, 2.45) is 10.3 Å². The summed E-state index contributed by atoms with van der Waals surface area (Å²) in [6, 6.07) is 0.310. The molecule has 0 aliphatic carbocycles. The van der Waals surface area contributed by atoms with Crippen molar-refractivity contribution < 1.29 is 4.21 Å². The van der Waals surface area contributed by atoms with Gasteiger partial charge in [0.2, 0.25) is 0 Å². The Morgan fingerprint density at radius 1 is 1.29 bits per heavy atom. The van der Waals surface area contributed by atoms with E-state index in [2.05, 4.69) is 16.6 Å². The van der Waals surface area contributed by atoms with Crippen LogP contribution in [0.15, 0.2) is 4.36 Å². The van der Waals surface area contributed by atoms with E-state index in [1.807, 2.05) is 0 Å². The maximum atomic E-state index is 12.2. The van der Waals surface area contributed by atoms with Gasteiger partial charge in [-0.2, -0.15) is 0 Å². The van der Waals surface area contributed by atoms with Crippen molar-refractivity contribution in [3.63, 3.8) is 0 Å². The Morgan fingerprint density at radius 2 is 2.00 bits per heavy atom. The first kappa shape index (κ1) is 10.4. The molecule has 0 radical (unpaired) electrons. The summed E-state index contributed by atoms with van der Waals surface area (Å²) < 4.78 is 16.7. The highest BCUT2D eigenvalue weighted by Crippen LogP contribution is 2.19. The third-order valence-corrected chi connectivity index (χ3v) is 5.60. The summed E-state index contributed by atoms with van der Waals surface area (Å²) in [6.07, 6.45) is 3.33. The van der Waals surface area contributed by atoms with Gasteiger partial charge in [-0.25, -0.2) is 8.57 Å². The number of piperidine rings is 1. The summed E-state index contributed by atoms with van der Waals surface area (Å²) >= 11 is 0. The van der Waals surface area contributed by atoms with Gasteiger partial charge in [-0.05, 0) is 31.7 Å². The molecule has 3 nitrogen and oxygen atoms in total. The van der Waals surface area contributed by atoms with Crippen molar-refractivity contribution >= 4 is 9.73 Å². The van der Waals surface area contributed by atoms with Gasteiger partial charge in [0, 0.05) is 27.8 Å². The van der Waals surface area contributed by atoms with Crippen molar-refractivity contribution in [1.82, 2.24) is 5.32 Å². The molecule has 0 spiro atoms. The maximum Gasteiger partial charge on any atom is 0.0721 e. The fraction of sp³-hybridized carbons (Fsp3) is 1.00. The van der Waals surface area contributed by atoms with Crippen molar-refractivity contribution in [2.75, 3.05) is 24.6 Å². The fourth-order valence-electron chi connectivity index (χ4n) is 2.34. The largest absolute Gasteiger partial charge is 0.314 e. The summed E-state index contributed by atoms with van der Waals surface area (Å²) in [5, 5.41) is 3.36. The van der Waals surface area contributed by atoms with E-state index in [4.69, 9.17) is 0 Å². The Morgan fingerprint density at radius 3 is 2.64 bits per heavy atom. The number of hydrogen-bond acceptors (Lipinski definition) is 3. The highest BCUT2D eigenvalue weighted by molar-refractivity contribution is 7.93. The Bertz CT molecular complexity index is 295. The van der Waals surface area contributed by atoms with Crippen LogP contribution < -0.4 is 5.32 Å². The van der Waals surface area contributed by atoms with E-state index >= 15 is 0 Å². The van der Waals surface area contributed by atoms with E-state index in [0.29, 0.717) is 12.0 Å². The van der Waals surface area contributed by atoms with Crippen LogP contribution >= 0.6 is 0 Å². The monoisotopic (exact) mass is 216 g/mol. The molecule has 0 bridgehead atoms. The molecule has 2 atom stereocenters. The van der Waals surface area contributed by atoms with E-state index in [0.717, 1.165) is 43.9 Å². The van der Waals surface area contributed by atoms with Crippen LogP contribution in [0.5, 0.6) is 0 Å². The zero-order valence-electron chi connectivity index (χ0n) is 8.87. The summed E-state index contributed by atoms with van der Waals surface area (Å²) in [5.74, 6) is 2.37. The predicted molar refractivity (Wildman–Crippen MR) is 60.0 cm³/mol. The molecule has 0 aromatic carbocycles. The van der Waals surface area contributed by atoms with Crippen molar-refractivity contribution in [2.45, 2.75) is 32.2 Å². The number of rotatable bonds is 1. The van der Waals surface area contributed by atoms with Gasteiger partial charge >= 0.3 is 0 Å². The molecule has 0 aromatic rings. The maximum absolute atomic E-state index is 12.2. The Hall–Kier alpha value is -0.0900. The first-order valence-corrected chi connectivity index (χ1v) is 7.46. The molecular weight excluding hydrogens is 196 g/mol. The molecule has 2 rings (SSSR count). The SMILES string of the molecule is CC1CNCC(N=S2(=O)CCCC2)C1. The standard InChI is InChI=1S/C10H20N2OS/c1-9-6-10(8-11-7-9)12-14(13)4-2-3-5-14/h9-11H,2-8H2,1H3. The quantitative estimate of drug-likeness (QED) is 0.716. The molecule has 2 fully saturated rings. The molecule has 82 valence electrons. The minimum atomic E-state index is -1.79. The summed E-state index contributed by atoms with van der Waals surface area (Å²) in [5.41, 5.74) is 0. The van der Waals surface area contributed by atoms with E-state index in [-0.39, 0.29) is 0 Å². The van der Waals surface area contributed by atoms with Crippen LogP contribution in [0.3, 0.4) is 0 Å². The van der Waals surface area contributed by atoms with Crippen molar-refractivity contribution in [3.8, 4) is 0 Å². The molecule has 4 heteroatoms. The summed E-state index contributed by atoms with van der Waals surface area (Å²) in [6.45, 7) is 4.25. The van der Waals surface area contributed by atoms with Gasteiger partial charge in [0.15, 0.2) is 0 Å². The normalized spacial score (nSPS) is 36.9. The lowest BCUT2D eigenvalue weighted by molar-refractivity contribution is 0.366. The molecule has 2 aliphatic rings. The third-order valence-electron chi connectivity index (χ3n) is 3.06. The number of nitrogens with zero attached hydrogens (tertiary/aromatic N) is 1.